The smallest absolute Gasteiger partial charge is 0.300 e. The van der Waals surface area contributed by atoms with Gasteiger partial charge in [-0.1, -0.05) is 23.7 Å². The monoisotopic (exact) mass is 432 g/mol. The summed E-state index contributed by atoms with van der Waals surface area (Å²) < 4.78 is 5.52. The molecule has 1 unspecified atom stereocenters. The van der Waals surface area contributed by atoms with E-state index in [4.69, 9.17) is 16.3 Å². The zero-order valence-corrected chi connectivity index (χ0v) is 17.0. The number of anilines is 1. The maximum absolute atomic E-state index is 13.1. The maximum atomic E-state index is 13.1. The average molecular weight is 433 g/mol. The van der Waals surface area contributed by atoms with Gasteiger partial charge < -0.3 is 9.84 Å². The van der Waals surface area contributed by atoms with Gasteiger partial charge in [-0.05, 0) is 54.1 Å². The highest BCUT2D eigenvalue weighted by molar-refractivity contribution is 6.51. The second-order valence-corrected chi connectivity index (χ2v) is 7.76. The predicted octanol–water partition coefficient (Wildman–Crippen LogP) is 4.30. The van der Waals surface area contributed by atoms with E-state index in [-0.39, 0.29) is 11.3 Å². The molecule has 31 heavy (non-hydrogen) atoms. The molecule has 1 atom stereocenters. The number of aliphatic hydroxyl groups is 1. The number of aliphatic hydroxyl groups excluding tert-OH is 1. The quantitative estimate of drug-likeness (QED) is 0.379. The number of carbonyl (C=O) groups is 2. The molecule has 3 heterocycles. The van der Waals surface area contributed by atoms with Crippen LogP contribution in [0.15, 0.2) is 72.4 Å². The van der Waals surface area contributed by atoms with E-state index in [0.29, 0.717) is 28.6 Å². The molecule has 3 aromatic rings. The van der Waals surface area contributed by atoms with Crippen molar-refractivity contribution in [1.29, 1.82) is 0 Å². The number of hydrogen-bond acceptors (Lipinski definition) is 5. The summed E-state index contributed by atoms with van der Waals surface area (Å²) in [6.45, 7) is 0.576. The van der Waals surface area contributed by atoms with E-state index in [1.807, 2.05) is 0 Å². The lowest BCUT2D eigenvalue weighted by atomic mass is 9.97. The van der Waals surface area contributed by atoms with Gasteiger partial charge in [-0.25, -0.2) is 0 Å². The molecule has 7 heteroatoms. The number of amides is 1. The Kier molecular flexibility index (Phi) is 4.71. The van der Waals surface area contributed by atoms with E-state index in [1.54, 1.807) is 66.9 Å². The number of nitrogens with zero attached hydrogens (tertiary/aromatic N) is 2. The summed E-state index contributed by atoms with van der Waals surface area (Å²) in [4.78, 5) is 31.9. The first-order chi connectivity index (χ1) is 15.0. The molecule has 0 spiro atoms. The molecule has 1 amide bonds. The molecule has 6 nitrogen and oxygen atoms in total. The van der Waals surface area contributed by atoms with Crippen LogP contribution in [0.1, 0.15) is 22.9 Å². The molecule has 1 N–H and O–H groups in total. The minimum absolute atomic E-state index is 0.0115. The Balaban J connectivity index is 1.70. The SMILES string of the molecule is O=C1C(=O)N(c2cccc(Cl)c2)C(c2ccccn2)/C1=C(/O)c1ccc2c(c1)CCO2. The van der Waals surface area contributed by atoms with Crippen LogP contribution in [0.2, 0.25) is 5.02 Å². The fourth-order valence-electron chi connectivity index (χ4n) is 4.03. The van der Waals surface area contributed by atoms with Crippen molar-refractivity contribution >= 4 is 34.7 Å². The Morgan fingerprint density at radius 3 is 2.74 bits per heavy atom. The van der Waals surface area contributed by atoms with Gasteiger partial charge in [0.25, 0.3) is 11.7 Å². The standard InChI is InChI=1S/C24H17ClN2O4/c25-16-4-3-5-17(13-16)27-21(18-6-1-2-10-26-18)20(23(29)24(27)30)22(28)15-7-8-19-14(12-15)9-11-31-19/h1-8,10,12-13,21,28H,9,11H2/b22-20-. The Hall–Kier alpha value is -3.64. The van der Waals surface area contributed by atoms with Gasteiger partial charge in [-0.15, -0.1) is 0 Å². The van der Waals surface area contributed by atoms with Crippen LogP contribution in [0.4, 0.5) is 5.69 Å². The molecule has 0 bridgehead atoms. The normalized spacial score (nSPS) is 19.4. The number of Topliss-reactive ketones (excluding diaryl/α,β-unsaturated/α-hetero) is 1. The van der Waals surface area contributed by atoms with Gasteiger partial charge in [-0.2, -0.15) is 0 Å². The van der Waals surface area contributed by atoms with Crippen LogP contribution in [-0.4, -0.2) is 28.4 Å². The van der Waals surface area contributed by atoms with Crippen LogP contribution < -0.4 is 9.64 Å². The minimum atomic E-state index is -0.885. The van der Waals surface area contributed by atoms with Crippen LogP contribution in [0.25, 0.3) is 5.76 Å². The van der Waals surface area contributed by atoms with Crippen molar-refractivity contribution in [3.63, 3.8) is 0 Å². The first-order valence-electron chi connectivity index (χ1n) is 9.78. The summed E-state index contributed by atoms with van der Waals surface area (Å²) in [6.07, 6.45) is 2.30. The second kappa shape index (κ2) is 7.56. The summed E-state index contributed by atoms with van der Waals surface area (Å²) in [5, 5.41) is 11.6. The van der Waals surface area contributed by atoms with Gasteiger partial charge in [0.2, 0.25) is 0 Å². The van der Waals surface area contributed by atoms with Crippen molar-refractivity contribution in [3.05, 3.63) is 94.3 Å². The molecule has 1 saturated heterocycles. The molecule has 154 valence electrons. The summed E-state index contributed by atoms with van der Waals surface area (Å²) in [7, 11) is 0. The fraction of sp³-hybridized carbons (Fsp3) is 0.125. The Morgan fingerprint density at radius 2 is 1.97 bits per heavy atom. The van der Waals surface area contributed by atoms with Crippen molar-refractivity contribution in [2.75, 3.05) is 11.5 Å². The number of ether oxygens (including phenoxy) is 1. The number of halogens is 1. The van der Waals surface area contributed by atoms with Crippen molar-refractivity contribution in [1.82, 2.24) is 4.98 Å². The number of ketones is 1. The molecule has 2 aliphatic heterocycles. The Labute approximate surface area is 183 Å². The molecule has 0 aliphatic carbocycles. The molecule has 0 saturated carbocycles. The molecular formula is C24H17ClN2O4. The van der Waals surface area contributed by atoms with E-state index in [2.05, 4.69) is 4.98 Å². The number of benzene rings is 2. The van der Waals surface area contributed by atoms with Crippen LogP contribution >= 0.6 is 11.6 Å². The lowest BCUT2D eigenvalue weighted by Crippen LogP contribution is -2.29. The molecule has 5 rings (SSSR count). The fourth-order valence-corrected chi connectivity index (χ4v) is 4.22. The van der Waals surface area contributed by atoms with Gasteiger partial charge in [-0.3, -0.25) is 19.5 Å². The lowest BCUT2D eigenvalue weighted by Gasteiger charge is -2.24. The summed E-state index contributed by atoms with van der Waals surface area (Å²) in [5.74, 6) is -1.00. The highest BCUT2D eigenvalue weighted by Gasteiger charge is 2.47. The summed E-state index contributed by atoms with van der Waals surface area (Å²) >= 11 is 6.14. The van der Waals surface area contributed by atoms with E-state index in [9.17, 15) is 14.7 Å². The number of fused-ring (bicyclic) bond motifs is 1. The molecule has 2 aliphatic rings. The number of rotatable bonds is 3. The number of pyridine rings is 1. The third kappa shape index (κ3) is 3.25. The molecule has 1 aromatic heterocycles. The molecule has 1 fully saturated rings. The zero-order valence-electron chi connectivity index (χ0n) is 16.3. The molecular weight excluding hydrogens is 416 g/mol. The van der Waals surface area contributed by atoms with E-state index >= 15 is 0 Å². The number of hydrogen-bond donors (Lipinski definition) is 1. The number of carbonyl (C=O) groups excluding carboxylic acids is 2. The van der Waals surface area contributed by atoms with Crippen molar-refractivity contribution in [2.24, 2.45) is 0 Å². The summed E-state index contributed by atoms with van der Waals surface area (Å²) in [6, 6.07) is 16.3. The van der Waals surface area contributed by atoms with Crippen LogP contribution in [0, 0.1) is 0 Å². The summed E-state index contributed by atoms with van der Waals surface area (Å²) in [5.41, 5.74) is 2.30. The highest BCUT2D eigenvalue weighted by Crippen LogP contribution is 2.42. The largest absolute Gasteiger partial charge is 0.507 e. The lowest BCUT2D eigenvalue weighted by molar-refractivity contribution is -0.132. The van der Waals surface area contributed by atoms with Crippen LogP contribution in [0.3, 0.4) is 0 Å². The number of aromatic nitrogens is 1. The minimum Gasteiger partial charge on any atom is -0.507 e. The van der Waals surface area contributed by atoms with E-state index in [1.165, 1.54) is 4.90 Å². The predicted molar refractivity (Wildman–Crippen MR) is 116 cm³/mol. The maximum Gasteiger partial charge on any atom is 0.300 e. The first kappa shape index (κ1) is 19.3. The third-order valence-electron chi connectivity index (χ3n) is 5.46. The van der Waals surface area contributed by atoms with Gasteiger partial charge in [0.05, 0.1) is 17.9 Å². The van der Waals surface area contributed by atoms with Crippen LogP contribution in [-0.2, 0) is 16.0 Å². The zero-order chi connectivity index (χ0) is 21.5. The van der Waals surface area contributed by atoms with Gasteiger partial charge in [0, 0.05) is 28.9 Å². The molecule has 2 aromatic carbocycles. The third-order valence-corrected chi connectivity index (χ3v) is 5.70. The average Bonchev–Trinajstić information content (AvgIpc) is 3.36. The van der Waals surface area contributed by atoms with Crippen molar-refractivity contribution in [3.8, 4) is 5.75 Å². The van der Waals surface area contributed by atoms with Gasteiger partial charge in [0.15, 0.2) is 0 Å². The second-order valence-electron chi connectivity index (χ2n) is 7.32. The topological polar surface area (TPSA) is 79.7 Å². The molecule has 0 radical (unpaired) electrons. The van der Waals surface area contributed by atoms with E-state index < -0.39 is 17.7 Å². The van der Waals surface area contributed by atoms with Gasteiger partial charge in [0.1, 0.15) is 17.6 Å². The van der Waals surface area contributed by atoms with Gasteiger partial charge >= 0.3 is 0 Å². The van der Waals surface area contributed by atoms with Crippen LogP contribution in [0.5, 0.6) is 5.75 Å². The van der Waals surface area contributed by atoms with Crippen molar-refractivity contribution < 1.29 is 19.4 Å². The first-order valence-corrected chi connectivity index (χ1v) is 10.2. The van der Waals surface area contributed by atoms with Crippen molar-refractivity contribution in [2.45, 2.75) is 12.5 Å². The Bertz CT molecular complexity index is 1240. The van der Waals surface area contributed by atoms with E-state index in [0.717, 1.165) is 17.7 Å². The highest BCUT2D eigenvalue weighted by atomic mass is 35.5. The Morgan fingerprint density at radius 1 is 1.10 bits per heavy atom.